The van der Waals surface area contributed by atoms with Crippen molar-refractivity contribution in [3.8, 4) is 17.9 Å². The number of rotatable bonds is 4. The predicted octanol–water partition coefficient (Wildman–Crippen LogP) is 1.43. The predicted molar refractivity (Wildman–Crippen MR) is 96.6 cm³/mol. The summed E-state index contributed by atoms with van der Waals surface area (Å²) >= 11 is 0. The van der Waals surface area contributed by atoms with Crippen molar-refractivity contribution < 1.29 is 9.90 Å². The molecule has 1 fully saturated rings. The third-order valence-corrected chi connectivity index (χ3v) is 4.27. The summed E-state index contributed by atoms with van der Waals surface area (Å²) in [6.45, 7) is 4.15. The van der Waals surface area contributed by atoms with Gasteiger partial charge < -0.3 is 14.9 Å². The second kappa shape index (κ2) is 8.16. The summed E-state index contributed by atoms with van der Waals surface area (Å²) in [4.78, 5) is 15.6. The Morgan fingerprint density at radius 1 is 1.32 bits per heavy atom. The average Bonchev–Trinajstić information content (AvgIpc) is 2.53. The van der Waals surface area contributed by atoms with Crippen molar-refractivity contribution in [2.45, 2.75) is 31.8 Å². The third-order valence-electron chi connectivity index (χ3n) is 4.27. The molecule has 1 amide bonds. The molecule has 1 aromatic rings. The molecule has 0 radical (unpaired) electrons. The van der Waals surface area contributed by atoms with E-state index in [1.54, 1.807) is 19.0 Å². The smallest absolute Gasteiger partial charge is 0.238 e. The van der Waals surface area contributed by atoms with Gasteiger partial charge in [-0.2, -0.15) is 5.26 Å². The Hall–Kier alpha value is -2.34. The zero-order valence-corrected chi connectivity index (χ0v) is 15.2. The minimum absolute atomic E-state index is 0.133. The summed E-state index contributed by atoms with van der Waals surface area (Å²) < 4.78 is 0. The first kappa shape index (κ1) is 19.0. The molecule has 1 aromatic carbocycles. The number of aliphatic hydroxyl groups excluding tert-OH is 1. The number of hydrogen-bond donors (Lipinski definition) is 1. The van der Waals surface area contributed by atoms with Gasteiger partial charge in [0.15, 0.2) is 0 Å². The van der Waals surface area contributed by atoms with E-state index in [1.165, 1.54) is 4.90 Å². The maximum Gasteiger partial charge on any atom is 0.238 e. The number of nitriles is 1. The van der Waals surface area contributed by atoms with Crippen molar-refractivity contribution in [1.82, 2.24) is 9.80 Å². The Balaban J connectivity index is 2.20. The van der Waals surface area contributed by atoms with Crippen molar-refractivity contribution in [3.05, 3.63) is 35.4 Å². The fraction of sp³-hybridized carbons (Fsp3) is 0.500. The van der Waals surface area contributed by atoms with Crippen LogP contribution in [0.25, 0.3) is 0 Å². The Labute approximate surface area is 149 Å². The molecule has 3 atom stereocenters. The molecule has 0 unspecified atom stereocenters. The van der Waals surface area contributed by atoms with Crippen LogP contribution in [0.1, 0.15) is 30.9 Å². The zero-order chi connectivity index (χ0) is 18.6. The van der Waals surface area contributed by atoms with E-state index < -0.39 is 6.04 Å². The largest absolute Gasteiger partial charge is 0.394 e. The number of hydrogen-bond acceptors (Lipinski definition) is 4. The summed E-state index contributed by atoms with van der Waals surface area (Å²) in [5.74, 6) is 6.23. The summed E-state index contributed by atoms with van der Waals surface area (Å²) in [5, 5.41) is 19.3. The van der Waals surface area contributed by atoms with Crippen LogP contribution in [0.5, 0.6) is 0 Å². The van der Waals surface area contributed by atoms with Crippen molar-refractivity contribution in [2.24, 2.45) is 5.92 Å². The van der Waals surface area contributed by atoms with Crippen LogP contribution in [0.4, 0.5) is 0 Å². The number of carbonyl (C=O) groups excluding carboxylic acids is 1. The molecule has 1 saturated heterocycles. The van der Waals surface area contributed by atoms with Crippen LogP contribution >= 0.6 is 0 Å². The quantitative estimate of drug-likeness (QED) is 0.843. The van der Waals surface area contributed by atoms with Gasteiger partial charge in [-0.25, -0.2) is 0 Å². The standard InChI is InChI=1S/C20H25N3O2/c1-14(2)5-6-15-7-9-16(10-8-15)20-17(11-21)23(18(20)13-24)19(25)12-22(3)4/h7-10,14,17-18,20,24H,12-13H2,1-4H3/t17-,18+,20+/m0/s1. The Morgan fingerprint density at radius 2 is 1.96 bits per heavy atom. The van der Waals surface area contributed by atoms with Crippen LogP contribution in [0.2, 0.25) is 0 Å². The van der Waals surface area contributed by atoms with Gasteiger partial charge in [0.2, 0.25) is 5.91 Å². The highest BCUT2D eigenvalue weighted by molar-refractivity contribution is 5.81. The number of benzene rings is 1. The van der Waals surface area contributed by atoms with E-state index in [2.05, 4.69) is 17.9 Å². The topological polar surface area (TPSA) is 67.6 Å². The zero-order valence-electron chi connectivity index (χ0n) is 15.2. The summed E-state index contributed by atoms with van der Waals surface area (Å²) in [6, 6.07) is 9.06. The Morgan fingerprint density at radius 3 is 2.44 bits per heavy atom. The number of carbonyl (C=O) groups is 1. The molecule has 0 aromatic heterocycles. The minimum Gasteiger partial charge on any atom is -0.394 e. The Kier molecular flexibility index (Phi) is 6.20. The lowest BCUT2D eigenvalue weighted by molar-refractivity contribution is -0.147. The van der Waals surface area contributed by atoms with Crippen LogP contribution in [0, 0.1) is 29.1 Å². The monoisotopic (exact) mass is 339 g/mol. The fourth-order valence-electron chi connectivity index (χ4n) is 3.12. The second-order valence-electron chi connectivity index (χ2n) is 6.93. The number of likely N-dealkylation sites (tertiary alicyclic amines) is 1. The molecule has 132 valence electrons. The van der Waals surface area contributed by atoms with Gasteiger partial charge >= 0.3 is 0 Å². The van der Waals surface area contributed by atoms with Gasteiger partial charge in [0.1, 0.15) is 6.04 Å². The van der Waals surface area contributed by atoms with Gasteiger partial charge in [0.25, 0.3) is 0 Å². The first-order valence-corrected chi connectivity index (χ1v) is 8.47. The van der Waals surface area contributed by atoms with E-state index in [1.807, 2.05) is 38.1 Å². The van der Waals surface area contributed by atoms with Gasteiger partial charge in [-0.05, 0) is 31.8 Å². The Bertz CT molecular complexity index is 707. The molecule has 1 heterocycles. The number of nitrogens with zero attached hydrogens (tertiary/aromatic N) is 3. The first-order chi connectivity index (χ1) is 11.9. The first-order valence-electron chi connectivity index (χ1n) is 8.47. The van der Waals surface area contributed by atoms with E-state index in [0.717, 1.165) is 11.1 Å². The van der Waals surface area contributed by atoms with E-state index in [9.17, 15) is 15.2 Å². The van der Waals surface area contributed by atoms with Crippen LogP contribution in [0.3, 0.4) is 0 Å². The molecule has 0 spiro atoms. The molecule has 2 rings (SSSR count). The molecule has 1 aliphatic heterocycles. The lowest BCUT2D eigenvalue weighted by Crippen LogP contribution is -2.66. The van der Waals surface area contributed by atoms with E-state index in [4.69, 9.17) is 0 Å². The SMILES string of the molecule is CC(C)C#Cc1ccc([C@H]2[C@@H](CO)N(C(=O)CN(C)C)[C@H]2C#N)cc1. The highest BCUT2D eigenvalue weighted by Crippen LogP contribution is 2.40. The van der Waals surface area contributed by atoms with Crippen molar-refractivity contribution in [1.29, 1.82) is 5.26 Å². The van der Waals surface area contributed by atoms with Crippen LogP contribution in [0.15, 0.2) is 24.3 Å². The normalized spacial score (nSPS) is 22.2. The van der Waals surface area contributed by atoms with Crippen molar-refractivity contribution >= 4 is 5.91 Å². The van der Waals surface area contributed by atoms with E-state index in [-0.39, 0.29) is 31.0 Å². The van der Waals surface area contributed by atoms with Gasteiger partial charge in [0.05, 0.1) is 25.3 Å². The molecule has 25 heavy (non-hydrogen) atoms. The van der Waals surface area contributed by atoms with Gasteiger partial charge in [-0.1, -0.05) is 37.8 Å². The van der Waals surface area contributed by atoms with Crippen LogP contribution in [-0.2, 0) is 4.79 Å². The maximum atomic E-state index is 12.4. The summed E-state index contributed by atoms with van der Waals surface area (Å²) in [7, 11) is 3.61. The second-order valence-corrected chi connectivity index (χ2v) is 6.93. The number of likely N-dealkylation sites (N-methyl/N-ethyl adjacent to an activating group) is 1. The van der Waals surface area contributed by atoms with Gasteiger partial charge in [-0.3, -0.25) is 4.79 Å². The van der Waals surface area contributed by atoms with Crippen molar-refractivity contribution in [3.63, 3.8) is 0 Å². The molecule has 0 bridgehead atoms. The summed E-state index contributed by atoms with van der Waals surface area (Å²) in [6.07, 6.45) is 0. The molecule has 0 aliphatic carbocycles. The van der Waals surface area contributed by atoms with E-state index >= 15 is 0 Å². The summed E-state index contributed by atoms with van der Waals surface area (Å²) in [5.41, 5.74) is 1.88. The molecular weight excluding hydrogens is 314 g/mol. The third kappa shape index (κ3) is 4.20. The molecule has 5 nitrogen and oxygen atoms in total. The van der Waals surface area contributed by atoms with Crippen molar-refractivity contribution in [2.75, 3.05) is 27.2 Å². The van der Waals surface area contributed by atoms with Gasteiger partial charge in [-0.15, -0.1) is 0 Å². The highest BCUT2D eigenvalue weighted by Gasteiger charge is 2.51. The fourth-order valence-corrected chi connectivity index (χ4v) is 3.12. The highest BCUT2D eigenvalue weighted by atomic mass is 16.3. The molecular formula is C20H25N3O2. The lowest BCUT2D eigenvalue weighted by atomic mass is 9.75. The molecule has 1 N–H and O–H groups in total. The average molecular weight is 339 g/mol. The minimum atomic E-state index is -0.544. The lowest BCUT2D eigenvalue weighted by Gasteiger charge is -2.51. The molecule has 5 heteroatoms. The van der Waals surface area contributed by atoms with E-state index in [0.29, 0.717) is 5.92 Å². The van der Waals surface area contributed by atoms with Crippen LogP contribution < -0.4 is 0 Å². The molecule has 1 aliphatic rings. The number of aliphatic hydroxyl groups is 1. The number of amides is 1. The van der Waals surface area contributed by atoms with Crippen LogP contribution in [-0.4, -0.2) is 60.1 Å². The van der Waals surface area contributed by atoms with Gasteiger partial charge in [0, 0.05) is 17.4 Å². The maximum absolute atomic E-state index is 12.4. The molecule has 0 saturated carbocycles.